The molecule has 1 N–H and O–H groups in total. The molecule has 0 spiro atoms. The van der Waals surface area contributed by atoms with Crippen molar-refractivity contribution in [1.29, 1.82) is 0 Å². The molecule has 0 aliphatic heterocycles. The summed E-state index contributed by atoms with van der Waals surface area (Å²) in [5, 5.41) is 11.1. The van der Waals surface area contributed by atoms with Gasteiger partial charge in [-0.1, -0.05) is 30.9 Å². The summed E-state index contributed by atoms with van der Waals surface area (Å²) in [6.07, 6.45) is 11.3. The molecular formula is C18H25N5O2. The number of rotatable bonds is 4. The van der Waals surface area contributed by atoms with Crippen LogP contribution in [0.4, 0.5) is 0 Å². The van der Waals surface area contributed by atoms with Crippen LogP contribution in [0.1, 0.15) is 61.7 Å². The van der Waals surface area contributed by atoms with Gasteiger partial charge in [-0.2, -0.15) is 0 Å². The van der Waals surface area contributed by atoms with Gasteiger partial charge in [0.1, 0.15) is 5.52 Å². The fraction of sp³-hybridized carbons (Fsp3) is 0.667. The number of hydrogen-bond acceptors (Lipinski definition) is 5. The fourth-order valence-electron chi connectivity index (χ4n) is 4.00. The second-order valence-corrected chi connectivity index (χ2v) is 7.23. The molecule has 2 aromatic heterocycles. The molecule has 25 heavy (non-hydrogen) atoms. The van der Waals surface area contributed by atoms with Crippen molar-refractivity contribution in [3.8, 4) is 0 Å². The van der Waals surface area contributed by atoms with Crippen LogP contribution in [0.25, 0.3) is 11.2 Å². The summed E-state index contributed by atoms with van der Waals surface area (Å²) >= 11 is 0. The maximum atomic E-state index is 12.7. The first-order chi connectivity index (χ1) is 12.2. The number of ether oxygens (including phenoxy) is 1. The lowest BCUT2D eigenvalue weighted by atomic mass is 9.92. The summed E-state index contributed by atoms with van der Waals surface area (Å²) in [4.78, 5) is 17.0. The Kier molecular flexibility index (Phi) is 4.65. The fourth-order valence-corrected chi connectivity index (χ4v) is 4.00. The number of amides is 1. The van der Waals surface area contributed by atoms with Crippen molar-refractivity contribution in [1.82, 2.24) is 25.3 Å². The van der Waals surface area contributed by atoms with E-state index in [1.54, 1.807) is 24.0 Å². The van der Waals surface area contributed by atoms with E-state index in [4.69, 9.17) is 4.74 Å². The second-order valence-electron chi connectivity index (χ2n) is 7.23. The molecule has 134 valence electrons. The Morgan fingerprint density at radius 1 is 1.20 bits per heavy atom. The van der Waals surface area contributed by atoms with Crippen LogP contribution in [-0.2, 0) is 11.8 Å². The maximum Gasteiger partial charge on any atom is 0.253 e. The van der Waals surface area contributed by atoms with E-state index in [0.717, 1.165) is 32.1 Å². The first-order valence-corrected chi connectivity index (χ1v) is 9.32. The van der Waals surface area contributed by atoms with Gasteiger partial charge in [-0.3, -0.25) is 4.79 Å². The molecule has 0 aromatic carbocycles. The molecule has 0 bridgehead atoms. The van der Waals surface area contributed by atoms with E-state index in [9.17, 15) is 4.79 Å². The van der Waals surface area contributed by atoms with Crippen molar-refractivity contribution in [3.05, 3.63) is 17.8 Å². The van der Waals surface area contributed by atoms with E-state index < -0.39 is 0 Å². The summed E-state index contributed by atoms with van der Waals surface area (Å²) in [6, 6.07) is 1.83. The highest BCUT2D eigenvalue weighted by Crippen LogP contribution is 2.28. The summed E-state index contributed by atoms with van der Waals surface area (Å²) in [6.45, 7) is 0. The topological polar surface area (TPSA) is 81.9 Å². The van der Waals surface area contributed by atoms with Crippen molar-refractivity contribution in [2.45, 2.75) is 69.6 Å². The predicted molar refractivity (Wildman–Crippen MR) is 93.2 cm³/mol. The molecule has 1 amide bonds. The predicted octanol–water partition coefficient (Wildman–Crippen LogP) is 2.36. The molecule has 2 atom stereocenters. The van der Waals surface area contributed by atoms with Gasteiger partial charge in [0.25, 0.3) is 5.91 Å². The molecule has 2 saturated carbocycles. The number of nitrogens with zero attached hydrogens (tertiary/aromatic N) is 4. The Morgan fingerprint density at radius 3 is 2.80 bits per heavy atom. The summed E-state index contributed by atoms with van der Waals surface area (Å²) in [5.74, 6) is -0.105. The highest BCUT2D eigenvalue weighted by molar-refractivity contribution is 5.96. The van der Waals surface area contributed by atoms with Crippen LogP contribution < -0.4 is 5.32 Å². The molecule has 0 saturated heterocycles. The van der Waals surface area contributed by atoms with E-state index in [0.29, 0.717) is 22.8 Å². The molecule has 2 aliphatic rings. The van der Waals surface area contributed by atoms with Crippen molar-refractivity contribution >= 4 is 17.1 Å². The number of nitrogens with one attached hydrogen (secondary N) is 1. The average Bonchev–Trinajstić information content (AvgIpc) is 3.26. The lowest BCUT2D eigenvalue weighted by Crippen LogP contribution is -2.47. The third-order valence-corrected chi connectivity index (χ3v) is 5.39. The van der Waals surface area contributed by atoms with E-state index in [1.807, 2.05) is 0 Å². The third-order valence-electron chi connectivity index (χ3n) is 5.39. The highest BCUT2D eigenvalue weighted by Gasteiger charge is 2.30. The molecule has 2 aromatic rings. The quantitative estimate of drug-likeness (QED) is 0.921. The highest BCUT2D eigenvalue weighted by atomic mass is 16.5. The number of carbonyl (C=O) groups excluding carboxylic acids is 1. The molecule has 7 nitrogen and oxygen atoms in total. The molecule has 2 aliphatic carbocycles. The van der Waals surface area contributed by atoms with Gasteiger partial charge in [0.15, 0.2) is 5.65 Å². The van der Waals surface area contributed by atoms with Gasteiger partial charge < -0.3 is 10.1 Å². The Hall–Kier alpha value is -2.02. The molecule has 4 rings (SSSR count). The van der Waals surface area contributed by atoms with Crippen LogP contribution in [0.2, 0.25) is 0 Å². The lowest BCUT2D eigenvalue weighted by molar-refractivity contribution is -0.0419. The minimum Gasteiger partial charge on any atom is -0.373 e. The van der Waals surface area contributed by atoms with Gasteiger partial charge in [0, 0.05) is 13.2 Å². The van der Waals surface area contributed by atoms with Gasteiger partial charge >= 0.3 is 0 Å². The molecule has 7 heteroatoms. The SMILES string of the molecule is Cn1nnc2cc(C(=O)N[C@@H]3CCCC[C@@H]3OC3CCCC3)cnc21. The first kappa shape index (κ1) is 16.4. The number of aryl methyl sites for hydroxylation is 1. The monoisotopic (exact) mass is 343 g/mol. The number of fused-ring (bicyclic) bond motifs is 1. The lowest BCUT2D eigenvalue weighted by Gasteiger charge is -2.34. The summed E-state index contributed by atoms with van der Waals surface area (Å²) in [5.41, 5.74) is 1.84. The van der Waals surface area contributed by atoms with E-state index in [2.05, 4.69) is 20.6 Å². The van der Waals surface area contributed by atoms with E-state index >= 15 is 0 Å². The minimum absolute atomic E-state index is 0.0828. The molecular weight excluding hydrogens is 318 g/mol. The van der Waals surface area contributed by atoms with E-state index in [-0.39, 0.29) is 18.1 Å². The summed E-state index contributed by atoms with van der Waals surface area (Å²) in [7, 11) is 1.79. The van der Waals surface area contributed by atoms with Crippen LogP contribution in [0, 0.1) is 0 Å². The Bertz CT molecular complexity index is 753. The van der Waals surface area contributed by atoms with Crippen molar-refractivity contribution in [3.63, 3.8) is 0 Å². The Balaban J connectivity index is 1.45. The largest absolute Gasteiger partial charge is 0.373 e. The zero-order chi connectivity index (χ0) is 17.2. The Labute approximate surface area is 147 Å². The minimum atomic E-state index is -0.105. The smallest absolute Gasteiger partial charge is 0.253 e. The van der Waals surface area contributed by atoms with Crippen LogP contribution in [0.3, 0.4) is 0 Å². The van der Waals surface area contributed by atoms with Crippen LogP contribution in [-0.4, -0.2) is 44.1 Å². The van der Waals surface area contributed by atoms with Gasteiger partial charge in [-0.25, -0.2) is 9.67 Å². The van der Waals surface area contributed by atoms with Crippen molar-refractivity contribution in [2.24, 2.45) is 7.05 Å². The molecule has 0 unspecified atom stereocenters. The average molecular weight is 343 g/mol. The summed E-state index contributed by atoms with van der Waals surface area (Å²) < 4.78 is 7.92. The normalized spacial score (nSPS) is 24.7. The zero-order valence-electron chi connectivity index (χ0n) is 14.6. The standard InChI is InChI=1S/C18H25N5O2/c1-23-17-15(21-22-23)10-12(11-19-17)18(24)20-14-8-4-5-9-16(14)25-13-6-2-3-7-13/h10-11,13-14,16H,2-9H2,1H3,(H,20,24)/t14-,16+/m1/s1. The van der Waals surface area contributed by atoms with Gasteiger partial charge in [-0.15, -0.1) is 5.10 Å². The van der Waals surface area contributed by atoms with Gasteiger partial charge in [-0.05, 0) is 31.7 Å². The zero-order valence-corrected chi connectivity index (χ0v) is 14.6. The third kappa shape index (κ3) is 3.51. The Morgan fingerprint density at radius 2 is 1.96 bits per heavy atom. The number of carbonyl (C=O) groups is 1. The number of pyridine rings is 1. The maximum absolute atomic E-state index is 12.7. The van der Waals surface area contributed by atoms with Crippen molar-refractivity contribution in [2.75, 3.05) is 0 Å². The van der Waals surface area contributed by atoms with Crippen LogP contribution in [0.5, 0.6) is 0 Å². The molecule has 0 radical (unpaired) electrons. The van der Waals surface area contributed by atoms with Crippen LogP contribution in [0.15, 0.2) is 12.3 Å². The van der Waals surface area contributed by atoms with Gasteiger partial charge in [0.05, 0.1) is 23.8 Å². The van der Waals surface area contributed by atoms with E-state index in [1.165, 1.54) is 19.3 Å². The number of hydrogen-bond donors (Lipinski definition) is 1. The second kappa shape index (κ2) is 7.07. The number of aromatic nitrogens is 4. The first-order valence-electron chi connectivity index (χ1n) is 9.32. The van der Waals surface area contributed by atoms with Crippen LogP contribution >= 0.6 is 0 Å². The molecule has 2 heterocycles. The van der Waals surface area contributed by atoms with Gasteiger partial charge in [0.2, 0.25) is 0 Å². The van der Waals surface area contributed by atoms with Crippen molar-refractivity contribution < 1.29 is 9.53 Å². The molecule has 2 fully saturated rings.